The zero-order valence-electron chi connectivity index (χ0n) is 9.81. The van der Waals surface area contributed by atoms with Crippen molar-refractivity contribution in [1.29, 1.82) is 0 Å². The molecule has 0 bridgehead atoms. The van der Waals surface area contributed by atoms with Crippen LogP contribution in [-0.2, 0) is 4.79 Å². The SMILES string of the molecule is CC(C)c1ccc(N2CCC(N)C2=O)cc1. The van der Waals surface area contributed by atoms with Crippen LogP contribution in [0.25, 0.3) is 0 Å². The van der Waals surface area contributed by atoms with Crippen molar-refractivity contribution in [1.82, 2.24) is 0 Å². The van der Waals surface area contributed by atoms with Gasteiger partial charge in [-0.1, -0.05) is 26.0 Å². The summed E-state index contributed by atoms with van der Waals surface area (Å²) in [5.41, 5.74) is 7.94. The summed E-state index contributed by atoms with van der Waals surface area (Å²) >= 11 is 0. The predicted octanol–water partition coefficient (Wildman–Crippen LogP) is 1.87. The van der Waals surface area contributed by atoms with Crippen molar-refractivity contribution in [3.05, 3.63) is 29.8 Å². The van der Waals surface area contributed by atoms with Crippen molar-refractivity contribution < 1.29 is 4.79 Å². The minimum atomic E-state index is -0.315. The number of benzene rings is 1. The van der Waals surface area contributed by atoms with E-state index in [0.717, 1.165) is 18.7 Å². The van der Waals surface area contributed by atoms with E-state index in [4.69, 9.17) is 5.73 Å². The maximum Gasteiger partial charge on any atom is 0.243 e. The third-order valence-corrected chi connectivity index (χ3v) is 3.12. The number of rotatable bonds is 2. The van der Waals surface area contributed by atoms with Gasteiger partial charge >= 0.3 is 0 Å². The molecule has 3 nitrogen and oxygen atoms in total. The number of hydrogen-bond donors (Lipinski definition) is 1. The van der Waals surface area contributed by atoms with Gasteiger partial charge in [0.05, 0.1) is 6.04 Å². The molecule has 0 spiro atoms. The van der Waals surface area contributed by atoms with Crippen LogP contribution in [0.5, 0.6) is 0 Å². The zero-order chi connectivity index (χ0) is 11.7. The second kappa shape index (κ2) is 4.26. The van der Waals surface area contributed by atoms with Crippen LogP contribution in [0.3, 0.4) is 0 Å². The van der Waals surface area contributed by atoms with Crippen molar-refractivity contribution in [3.8, 4) is 0 Å². The molecule has 86 valence electrons. The van der Waals surface area contributed by atoms with Crippen LogP contribution >= 0.6 is 0 Å². The first-order valence-corrected chi connectivity index (χ1v) is 5.76. The molecule has 16 heavy (non-hydrogen) atoms. The highest BCUT2D eigenvalue weighted by molar-refractivity contribution is 5.99. The molecule has 1 unspecified atom stereocenters. The molecule has 3 heteroatoms. The Hall–Kier alpha value is -1.35. The van der Waals surface area contributed by atoms with E-state index in [1.165, 1.54) is 5.56 Å². The lowest BCUT2D eigenvalue weighted by Crippen LogP contribution is -2.33. The number of nitrogens with two attached hydrogens (primary N) is 1. The van der Waals surface area contributed by atoms with E-state index in [2.05, 4.69) is 26.0 Å². The molecule has 1 atom stereocenters. The van der Waals surface area contributed by atoms with Crippen LogP contribution in [0.4, 0.5) is 5.69 Å². The van der Waals surface area contributed by atoms with Crippen molar-refractivity contribution in [2.45, 2.75) is 32.2 Å². The first-order chi connectivity index (χ1) is 7.59. The van der Waals surface area contributed by atoms with Crippen molar-refractivity contribution in [3.63, 3.8) is 0 Å². The molecule has 1 aromatic carbocycles. The van der Waals surface area contributed by atoms with E-state index < -0.39 is 0 Å². The zero-order valence-corrected chi connectivity index (χ0v) is 9.81. The topological polar surface area (TPSA) is 46.3 Å². The normalized spacial score (nSPS) is 20.9. The molecule has 1 fully saturated rings. The van der Waals surface area contributed by atoms with Crippen LogP contribution in [0.1, 0.15) is 31.7 Å². The Morgan fingerprint density at radius 2 is 1.94 bits per heavy atom. The number of nitrogens with zero attached hydrogens (tertiary/aromatic N) is 1. The van der Waals surface area contributed by atoms with Gasteiger partial charge < -0.3 is 10.6 Å². The highest BCUT2D eigenvalue weighted by Crippen LogP contribution is 2.23. The van der Waals surface area contributed by atoms with Crippen molar-refractivity contribution >= 4 is 11.6 Å². The molecular weight excluding hydrogens is 200 g/mol. The van der Waals surface area contributed by atoms with E-state index >= 15 is 0 Å². The van der Waals surface area contributed by atoms with Gasteiger partial charge in [0.15, 0.2) is 0 Å². The number of anilines is 1. The summed E-state index contributed by atoms with van der Waals surface area (Å²) in [6.45, 7) is 5.05. The monoisotopic (exact) mass is 218 g/mol. The van der Waals surface area contributed by atoms with Crippen LogP contribution in [0.2, 0.25) is 0 Å². The summed E-state index contributed by atoms with van der Waals surface area (Å²) in [5.74, 6) is 0.558. The third kappa shape index (κ3) is 1.95. The first-order valence-electron chi connectivity index (χ1n) is 5.76. The Morgan fingerprint density at radius 3 is 2.38 bits per heavy atom. The number of hydrogen-bond acceptors (Lipinski definition) is 2. The smallest absolute Gasteiger partial charge is 0.243 e. The van der Waals surface area contributed by atoms with Gasteiger partial charge in [-0.25, -0.2) is 0 Å². The molecule has 1 aliphatic rings. The number of amides is 1. The second-order valence-corrected chi connectivity index (χ2v) is 4.63. The molecule has 0 radical (unpaired) electrons. The van der Waals surface area contributed by atoms with Crippen LogP contribution in [0, 0.1) is 0 Å². The Labute approximate surface area is 96.2 Å². The molecule has 1 saturated heterocycles. The average Bonchev–Trinajstić information content (AvgIpc) is 2.60. The fourth-order valence-corrected chi connectivity index (χ4v) is 2.00. The lowest BCUT2D eigenvalue weighted by atomic mass is 10.0. The quantitative estimate of drug-likeness (QED) is 0.823. The van der Waals surface area contributed by atoms with Gasteiger partial charge in [0.1, 0.15) is 0 Å². The summed E-state index contributed by atoms with van der Waals surface area (Å²) in [6, 6.07) is 7.86. The average molecular weight is 218 g/mol. The van der Waals surface area contributed by atoms with Crippen molar-refractivity contribution in [2.24, 2.45) is 5.73 Å². The standard InChI is InChI=1S/C13H18N2O/c1-9(2)10-3-5-11(6-4-10)15-8-7-12(14)13(15)16/h3-6,9,12H,7-8,14H2,1-2H3. The van der Waals surface area contributed by atoms with Crippen LogP contribution in [-0.4, -0.2) is 18.5 Å². The molecule has 1 heterocycles. The maximum atomic E-state index is 11.7. The lowest BCUT2D eigenvalue weighted by Gasteiger charge is -2.17. The number of carbonyl (C=O) groups excluding carboxylic acids is 1. The highest BCUT2D eigenvalue weighted by atomic mass is 16.2. The summed E-state index contributed by atoms with van der Waals surface area (Å²) < 4.78 is 0. The van der Waals surface area contributed by atoms with E-state index in [-0.39, 0.29) is 11.9 Å². The predicted molar refractivity (Wildman–Crippen MR) is 65.5 cm³/mol. The first kappa shape index (κ1) is 11.1. The lowest BCUT2D eigenvalue weighted by molar-refractivity contribution is -0.118. The molecule has 1 amide bonds. The van der Waals surface area contributed by atoms with Gasteiger partial charge in [0, 0.05) is 12.2 Å². The minimum absolute atomic E-state index is 0.0392. The summed E-state index contributed by atoms with van der Waals surface area (Å²) in [5, 5.41) is 0. The Bertz CT molecular complexity index is 383. The summed E-state index contributed by atoms with van der Waals surface area (Å²) in [4.78, 5) is 13.5. The van der Waals surface area contributed by atoms with Gasteiger partial charge in [-0.3, -0.25) is 4.79 Å². The van der Waals surface area contributed by atoms with Gasteiger partial charge in [-0.15, -0.1) is 0 Å². The number of carbonyl (C=O) groups is 1. The molecule has 2 N–H and O–H groups in total. The molecule has 1 aliphatic heterocycles. The Kier molecular flexibility index (Phi) is 2.97. The highest BCUT2D eigenvalue weighted by Gasteiger charge is 2.29. The molecule has 0 saturated carbocycles. The molecular formula is C13H18N2O. The van der Waals surface area contributed by atoms with E-state index in [9.17, 15) is 4.79 Å². The van der Waals surface area contributed by atoms with Gasteiger partial charge in [0.25, 0.3) is 0 Å². The van der Waals surface area contributed by atoms with E-state index in [1.54, 1.807) is 4.90 Å². The van der Waals surface area contributed by atoms with Crippen molar-refractivity contribution in [2.75, 3.05) is 11.4 Å². The fraction of sp³-hybridized carbons (Fsp3) is 0.462. The molecule has 0 aliphatic carbocycles. The van der Waals surface area contributed by atoms with Crippen LogP contribution < -0.4 is 10.6 Å². The Morgan fingerprint density at radius 1 is 1.31 bits per heavy atom. The van der Waals surface area contributed by atoms with Crippen LogP contribution in [0.15, 0.2) is 24.3 Å². The largest absolute Gasteiger partial charge is 0.320 e. The fourth-order valence-electron chi connectivity index (χ4n) is 2.00. The van der Waals surface area contributed by atoms with E-state index in [0.29, 0.717) is 5.92 Å². The molecule has 0 aromatic heterocycles. The van der Waals surface area contributed by atoms with Gasteiger partial charge in [-0.05, 0) is 30.0 Å². The second-order valence-electron chi connectivity index (χ2n) is 4.63. The third-order valence-electron chi connectivity index (χ3n) is 3.12. The van der Waals surface area contributed by atoms with Gasteiger partial charge in [0.2, 0.25) is 5.91 Å². The molecule has 2 rings (SSSR count). The molecule has 1 aromatic rings. The van der Waals surface area contributed by atoms with Gasteiger partial charge in [-0.2, -0.15) is 0 Å². The Balaban J connectivity index is 2.19. The summed E-state index contributed by atoms with van der Waals surface area (Å²) in [6.07, 6.45) is 0.755. The summed E-state index contributed by atoms with van der Waals surface area (Å²) in [7, 11) is 0. The van der Waals surface area contributed by atoms with E-state index in [1.807, 2.05) is 12.1 Å². The maximum absolute atomic E-state index is 11.7. The minimum Gasteiger partial charge on any atom is -0.320 e.